The lowest BCUT2D eigenvalue weighted by molar-refractivity contribution is -0.137. The van der Waals surface area contributed by atoms with Gasteiger partial charge >= 0.3 is 6.18 Å². The second kappa shape index (κ2) is 6.88. The number of alkyl halides is 3. The highest BCUT2D eigenvalue weighted by molar-refractivity contribution is 6.31. The first-order valence-electron chi connectivity index (χ1n) is 7.15. The summed E-state index contributed by atoms with van der Waals surface area (Å²) in [7, 11) is 0. The molecule has 0 aromatic heterocycles. The van der Waals surface area contributed by atoms with Crippen LogP contribution in [0.2, 0.25) is 5.02 Å². The molecule has 118 valence electrons. The molecule has 1 aromatic carbocycles. The third-order valence-corrected chi connectivity index (χ3v) is 4.22. The van der Waals surface area contributed by atoms with Gasteiger partial charge < -0.3 is 10.4 Å². The van der Waals surface area contributed by atoms with Crippen LogP contribution in [0, 0.1) is 5.92 Å². The molecule has 0 amide bonds. The Morgan fingerprint density at radius 2 is 1.95 bits per heavy atom. The monoisotopic (exact) mass is 321 g/mol. The van der Waals surface area contributed by atoms with Crippen molar-refractivity contribution in [3.8, 4) is 0 Å². The molecular formula is C15H19ClF3NO. The molecule has 1 unspecified atom stereocenters. The van der Waals surface area contributed by atoms with E-state index in [0.29, 0.717) is 18.0 Å². The van der Waals surface area contributed by atoms with Crippen LogP contribution in [0.3, 0.4) is 0 Å². The molecule has 0 saturated heterocycles. The number of anilines is 1. The second-order valence-electron chi connectivity index (χ2n) is 5.61. The molecule has 0 aliphatic heterocycles. The van der Waals surface area contributed by atoms with Crippen LogP contribution in [0.1, 0.15) is 37.7 Å². The highest BCUT2D eigenvalue weighted by Gasteiger charge is 2.33. The van der Waals surface area contributed by atoms with E-state index in [2.05, 4.69) is 5.32 Å². The van der Waals surface area contributed by atoms with E-state index in [1.54, 1.807) is 0 Å². The highest BCUT2D eigenvalue weighted by Crippen LogP contribution is 2.36. The summed E-state index contributed by atoms with van der Waals surface area (Å²) in [5.41, 5.74) is -0.545. The maximum Gasteiger partial charge on any atom is 0.417 e. The number of rotatable bonds is 5. The molecule has 1 saturated carbocycles. The van der Waals surface area contributed by atoms with Crippen molar-refractivity contribution in [1.82, 2.24) is 0 Å². The van der Waals surface area contributed by atoms with Crippen molar-refractivity contribution in [1.29, 1.82) is 0 Å². The molecule has 6 heteroatoms. The number of benzene rings is 1. The minimum Gasteiger partial charge on any atom is -0.391 e. The van der Waals surface area contributed by atoms with Gasteiger partial charge in [-0.05, 0) is 30.5 Å². The molecule has 1 atom stereocenters. The van der Waals surface area contributed by atoms with Gasteiger partial charge in [0, 0.05) is 12.2 Å². The van der Waals surface area contributed by atoms with Gasteiger partial charge in [-0.1, -0.05) is 37.3 Å². The molecule has 21 heavy (non-hydrogen) atoms. The highest BCUT2D eigenvalue weighted by atomic mass is 35.5. The Morgan fingerprint density at radius 1 is 1.29 bits per heavy atom. The largest absolute Gasteiger partial charge is 0.417 e. The van der Waals surface area contributed by atoms with Crippen molar-refractivity contribution >= 4 is 17.3 Å². The van der Waals surface area contributed by atoms with Crippen molar-refractivity contribution in [2.75, 3.05) is 11.9 Å². The van der Waals surface area contributed by atoms with Gasteiger partial charge in [0.05, 0.1) is 16.7 Å². The fraction of sp³-hybridized carbons (Fsp3) is 0.600. The summed E-state index contributed by atoms with van der Waals surface area (Å²) >= 11 is 5.56. The van der Waals surface area contributed by atoms with E-state index >= 15 is 0 Å². The number of nitrogens with one attached hydrogen (secondary N) is 1. The van der Waals surface area contributed by atoms with Crippen molar-refractivity contribution in [3.63, 3.8) is 0 Å². The summed E-state index contributed by atoms with van der Waals surface area (Å²) in [6.07, 6.45) is 0.364. The predicted octanol–water partition coefficient (Wildman–Crippen LogP) is 4.71. The third-order valence-electron chi connectivity index (χ3n) is 3.89. The van der Waals surface area contributed by atoms with E-state index in [1.165, 1.54) is 25.0 Å². The maximum absolute atomic E-state index is 12.7. The Kier molecular flexibility index (Phi) is 5.38. The topological polar surface area (TPSA) is 32.3 Å². The van der Waals surface area contributed by atoms with Crippen LogP contribution >= 0.6 is 11.6 Å². The number of aliphatic hydroxyl groups is 1. The van der Waals surface area contributed by atoms with Gasteiger partial charge in [-0.15, -0.1) is 0 Å². The fourth-order valence-corrected chi connectivity index (χ4v) is 3.03. The average Bonchev–Trinajstić information content (AvgIpc) is 2.89. The maximum atomic E-state index is 12.7. The summed E-state index contributed by atoms with van der Waals surface area (Å²) < 4.78 is 38.2. The number of hydrogen-bond acceptors (Lipinski definition) is 2. The van der Waals surface area contributed by atoms with Gasteiger partial charge in [-0.3, -0.25) is 0 Å². The van der Waals surface area contributed by atoms with E-state index in [9.17, 15) is 18.3 Å². The zero-order chi connectivity index (χ0) is 15.5. The summed E-state index contributed by atoms with van der Waals surface area (Å²) in [5, 5.41) is 12.5. The van der Waals surface area contributed by atoms with Gasteiger partial charge in [-0.25, -0.2) is 0 Å². The number of hydrogen-bond donors (Lipinski definition) is 2. The third kappa shape index (κ3) is 4.78. The average molecular weight is 322 g/mol. The summed E-state index contributed by atoms with van der Waals surface area (Å²) in [6.45, 7) is 0.245. The molecule has 1 aliphatic carbocycles. The van der Waals surface area contributed by atoms with Crippen LogP contribution in [0.4, 0.5) is 18.9 Å². The lowest BCUT2D eigenvalue weighted by Crippen LogP contribution is -2.22. The van der Waals surface area contributed by atoms with Gasteiger partial charge in [-0.2, -0.15) is 13.2 Å². The summed E-state index contributed by atoms with van der Waals surface area (Å²) in [5.74, 6) is 0.540. The van der Waals surface area contributed by atoms with Crippen LogP contribution in [-0.4, -0.2) is 17.8 Å². The van der Waals surface area contributed by atoms with E-state index < -0.39 is 17.8 Å². The van der Waals surface area contributed by atoms with Crippen LogP contribution < -0.4 is 5.32 Å². The Morgan fingerprint density at radius 3 is 2.57 bits per heavy atom. The van der Waals surface area contributed by atoms with Crippen molar-refractivity contribution in [2.24, 2.45) is 5.92 Å². The van der Waals surface area contributed by atoms with Gasteiger partial charge in [0.2, 0.25) is 0 Å². The first-order chi connectivity index (χ1) is 9.86. The normalized spacial score (nSPS) is 18.0. The molecule has 2 nitrogen and oxygen atoms in total. The lowest BCUT2D eigenvalue weighted by atomic mass is 10.00. The van der Waals surface area contributed by atoms with Crippen LogP contribution in [0.25, 0.3) is 0 Å². The molecule has 1 aliphatic rings. The standard InChI is InChI=1S/C15H19ClF3NO/c16-14-6-5-11(8-13(14)15(17,18)19)20-9-12(21)7-10-3-1-2-4-10/h5-6,8,10,12,20-21H,1-4,7,9H2. The van der Waals surface area contributed by atoms with E-state index in [0.717, 1.165) is 18.9 Å². The molecule has 0 radical (unpaired) electrons. The Labute approximate surface area is 127 Å². The van der Waals surface area contributed by atoms with Crippen LogP contribution in [-0.2, 0) is 6.18 Å². The predicted molar refractivity (Wildman–Crippen MR) is 77.5 cm³/mol. The Bertz CT molecular complexity index is 472. The Balaban J connectivity index is 1.90. The zero-order valence-corrected chi connectivity index (χ0v) is 12.3. The van der Waals surface area contributed by atoms with Gasteiger partial charge in [0.15, 0.2) is 0 Å². The van der Waals surface area contributed by atoms with Gasteiger partial charge in [0.25, 0.3) is 0 Å². The van der Waals surface area contributed by atoms with Crippen molar-refractivity contribution in [3.05, 3.63) is 28.8 Å². The summed E-state index contributed by atoms with van der Waals surface area (Å²) in [6, 6.07) is 3.68. The van der Waals surface area contributed by atoms with E-state index in [-0.39, 0.29) is 11.6 Å². The number of halogens is 4. The molecule has 1 aromatic rings. The molecule has 1 fully saturated rings. The molecule has 0 bridgehead atoms. The van der Waals surface area contributed by atoms with E-state index in [4.69, 9.17) is 11.6 Å². The van der Waals surface area contributed by atoms with E-state index in [1.807, 2.05) is 0 Å². The molecular weight excluding hydrogens is 303 g/mol. The molecule has 0 spiro atoms. The van der Waals surface area contributed by atoms with Crippen LogP contribution in [0.5, 0.6) is 0 Å². The second-order valence-corrected chi connectivity index (χ2v) is 6.02. The molecule has 2 N–H and O–H groups in total. The lowest BCUT2D eigenvalue weighted by Gasteiger charge is -2.17. The first-order valence-corrected chi connectivity index (χ1v) is 7.52. The minimum atomic E-state index is -4.47. The smallest absolute Gasteiger partial charge is 0.391 e. The van der Waals surface area contributed by atoms with Crippen molar-refractivity contribution in [2.45, 2.75) is 44.4 Å². The van der Waals surface area contributed by atoms with Gasteiger partial charge in [0.1, 0.15) is 0 Å². The molecule has 0 heterocycles. The minimum absolute atomic E-state index is 0.245. The van der Waals surface area contributed by atoms with Crippen molar-refractivity contribution < 1.29 is 18.3 Å². The Hall–Kier alpha value is -0.940. The quantitative estimate of drug-likeness (QED) is 0.823. The number of aliphatic hydroxyl groups excluding tert-OH is 1. The zero-order valence-electron chi connectivity index (χ0n) is 11.6. The summed E-state index contributed by atoms with van der Waals surface area (Å²) in [4.78, 5) is 0. The molecule has 2 rings (SSSR count). The fourth-order valence-electron chi connectivity index (χ4n) is 2.80. The first kappa shape index (κ1) is 16.4. The SMILES string of the molecule is OC(CNc1ccc(Cl)c(C(F)(F)F)c1)CC1CCCC1. The van der Waals surface area contributed by atoms with Crippen LogP contribution in [0.15, 0.2) is 18.2 Å².